The van der Waals surface area contributed by atoms with Crippen LogP contribution in [0.25, 0.3) is 0 Å². The SMILES string of the molecule is Cc1ccc(C2c3cc(C)ccc3CCN2S(=O)(=O)c2ccc(C)cc2)cc1. The first-order chi connectivity index (χ1) is 13.4. The molecule has 0 saturated heterocycles. The van der Waals surface area contributed by atoms with Crippen molar-refractivity contribution in [3.63, 3.8) is 0 Å². The van der Waals surface area contributed by atoms with Gasteiger partial charge in [0.25, 0.3) is 0 Å². The molecule has 144 valence electrons. The normalized spacial score (nSPS) is 17.3. The first-order valence-electron chi connectivity index (χ1n) is 9.61. The van der Waals surface area contributed by atoms with Crippen molar-refractivity contribution in [1.29, 1.82) is 0 Å². The standard InChI is InChI=1S/C24H25NO2S/c1-17-4-10-21(11-5-17)24-23-16-19(3)6-9-20(23)14-15-25(24)28(26,27)22-12-7-18(2)8-13-22/h4-13,16,24H,14-15H2,1-3H3. The number of nitrogens with zero attached hydrogens (tertiary/aromatic N) is 1. The molecule has 1 atom stereocenters. The van der Waals surface area contributed by atoms with Crippen LogP contribution in [0, 0.1) is 20.8 Å². The summed E-state index contributed by atoms with van der Waals surface area (Å²) in [6, 6.07) is 21.4. The highest BCUT2D eigenvalue weighted by Crippen LogP contribution is 2.39. The summed E-state index contributed by atoms with van der Waals surface area (Å²) in [5.41, 5.74) is 6.68. The molecule has 3 aromatic carbocycles. The maximum absolute atomic E-state index is 13.6. The van der Waals surface area contributed by atoms with Gasteiger partial charge in [-0.2, -0.15) is 4.31 Å². The van der Waals surface area contributed by atoms with Crippen LogP contribution < -0.4 is 0 Å². The Morgan fingerprint density at radius 1 is 0.786 bits per heavy atom. The Labute approximate surface area is 167 Å². The summed E-state index contributed by atoms with van der Waals surface area (Å²) in [7, 11) is -3.61. The monoisotopic (exact) mass is 391 g/mol. The van der Waals surface area contributed by atoms with Gasteiger partial charge in [-0.15, -0.1) is 0 Å². The average Bonchev–Trinajstić information content (AvgIpc) is 2.68. The van der Waals surface area contributed by atoms with Gasteiger partial charge in [0.05, 0.1) is 10.9 Å². The van der Waals surface area contributed by atoms with Crippen LogP contribution in [0.5, 0.6) is 0 Å². The van der Waals surface area contributed by atoms with Gasteiger partial charge in [0, 0.05) is 6.54 Å². The van der Waals surface area contributed by atoms with Crippen LogP contribution in [0.4, 0.5) is 0 Å². The maximum atomic E-state index is 13.6. The Morgan fingerprint density at radius 2 is 1.36 bits per heavy atom. The van der Waals surface area contributed by atoms with Gasteiger partial charge in [-0.3, -0.25) is 0 Å². The molecule has 1 unspecified atom stereocenters. The molecule has 0 amide bonds. The van der Waals surface area contributed by atoms with Crippen molar-refractivity contribution in [1.82, 2.24) is 4.31 Å². The van der Waals surface area contributed by atoms with Crippen molar-refractivity contribution in [3.8, 4) is 0 Å². The molecule has 0 bridgehead atoms. The van der Waals surface area contributed by atoms with Crippen molar-refractivity contribution in [3.05, 3.63) is 100 Å². The number of rotatable bonds is 3. The molecule has 28 heavy (non-hydrogen) atoms. The van der Waals surface area contributed by atoms with E-state index in [1.807, 2.05) is 26.0 Å². The van der Waals surface area contributed by atoms with E-state index in [-0.39, 0.29) is 6.04 Å². The zero-order valence-electron chi connectivity index (χ0n) is 16.5. The second kappa shape index (κ2) is 7.19. The fourth-order valence-corrected chi connectivity index (χ4v) is 5.51. The molecule has 0 N–H and O–H groups in total. The molecule has 1 aliphatic heterocycles. The predicted octanol–water partition coefficient (Wildman–Crippen LogP) is 4.95. The van der Waals surface area contributed by atoms with E-state index in [1.54, 1.807) is 16.4 Å². The Bertz CT molecular complexity index is 1100. The molecule has 0 aliphatic carbocycles. The quantitative estimate of drug-likeness (QED) is 0.634. The zero-order valence-corrected chi connectivity index (χ0v) is 17.3. The summed E-state index contributed by atoms with van der Waals surface area (Å²) < 4.78 is 28.8. The second-order valence-corrected chi connectivity index (χ2v) is 9.58. The molecule has 1 heterocycles. The van der Waals surface area contributed by atoms with Crippen LogP contribution in [0.1, 0.15) is 39.4 Å². The van der Waals surface area contributed by atoms with Gasteiger partial charge >= 0.3 is 0 Å². The molecule has 0 saturated carbocycles. The van der Waals surface area contributed by atoms with E-state index in [2.05, 4.69) is 49.4 Å². The number of fused-ring (bicyclic) bond motifs is 1. The van der Waals surface area contributed by atoms with Gasteiger partial charge in [0.15, 0.2) is 0 Å². The van der Waals surface area contributed by atoms with Crippen molar-refractivity contribution in [2.75, 3.05) is 6.54 Å². The fraction of sp³-hybridized carbons (Fsp3) is 0.250. The third-order valence-corrected chi connectivity index (χ3v) is 7.38. The highest BCUT2D eigenvalue weighted by Gasteiger charge is 2.37. The molecule has 3 nitrogen and oxygen atoms in total. The Morgan fingerprint density at radius 3 is 2.00 bits per heavy atom. The molecule has 0 aromatic heterocycles. The molecular weight excluding hydrogens is 366 g/mol. The highest BCUT2D eigenvalue weighted by atomic mass is 32.2. The van der Waals surface area contributed by atoms with E-state index in [9.17, 15) is 8.42 Å². The highest BCUT2D eigenvalue weighted by molar-refractivity contribution is 7.89. The van der Waals surface area contributed by atoms with Gasteiger partial charge in [0.1, 0.15) is 0 Å². The van der Waals surface area contributed by atoms with E-state index in [0.717, 1.165) is 34.2 Å². The first kappa shape index (κ1) is 18.9. The lowest BCUT2D eigenvalue weighted by Crippen LogP contribution is -2.40. The maximum Gasteiger partial charge on any atom is 0.243 e. The number of aryl methyl sites for hydroxylation is 3. The largest absolute Gasteiger partial charge is 0.243 e. The minimum Gasteiger partial charge on any atom is -0.207 e. The molecule has 0 radical (unpaired) electrons. The third kappa shape index (κ3) is 3.38. The van der Waals surface area contributed by atoms with Crippen LogP contribution >= 0.6 is 0 Å². The first-order valence-corrected chi connectivity index (χ1v) is 11.0. The van der Waals surface area contributed by atoms with Gasteiger partial charge in [0.2, 0.25) is 10.0 Å². The van der Waals surface area contributed by atoms with Gasteiger partial charge in [-0.1, -0.05) is 71.3 Å². The van der Waals surface area contributed by atoms with E-state index < -0.39 is 10.0 Å². The lowest BCUT2D eigenvalue weighted by molar-refractivity contribution is 0.344. The van der Waals surface area contributed by atoms with E-state index in [4.69, 9.17) is 0 Å². The summed E-state index contributed by atoms with van der Waals surface area (Å²) in [6.45, 7) is 6.54. The van der Waals surface area contributed by atoms with Crippen LogP contribution in [0.15, 0.2) is 71.6 Å². The molecule has 0 spiro atoms. The van der Waals surface area contributed by atoms with E-state index in [0.29, 0.717) is 11.4 Å². The Balaban J connectivity index is 1.88. The van der Waals surface area contributed by atoms with Crippen LogP contribution in [0.2, 0.25) is 0 Å². The smallest absolute Gasteiger partial charge is 0.207 e. The summed E-state index contributed by atoms with van der Waals surface area (Å²) in [5, 5.41) is 0. The van der Waals surface area contributed by atoms with Crippen molar-refractivity contribution < 1.29 is 8.42 Å². The molecular formula is C24H25NO2S. The Kier molecular flexibility index (Phi) is 4.86. The van der Waals surface area contributed by atoms with Crippen LogP contribution in [0.3, 0.4) is 0 Å². The van der Waals surface area contributed by atoms with Crippen LogP contribution in [-0.2, 0) is 16.4 Å². The van der Waals surface area contributed by atoms with Gasteiger partial charge < -0.3 is 0 Å². The van der Waals surface area contributed by atoms with Gasteiger partial charge in [-0.05, 0) is 56.0 Å². The van der Waals surface area contributed by atoms with E-state index in [1.165, 1.54) is 5.56 Å². The summed E-state index contributed by atoms with van der Waals surface area (Å²) in [4.78, 5) is 0.353. The number of hydrogen-bond acceptors (Lipinski definition) is 2. The van der Waals surface area contributed by atoms with Crippen molar-refractivity contribution in [2.24, 2.45) is 0 Å². The van der Waals surface area contributed by atoms with Crippen LogP contribution in [-0.4, -0.2) is 19.3 Å². The summed E-state index contributed by atoms with van der Waals surface area (Å²) in [6.07, 6.45) is 0.725. The minimum absolute atomic E-state index is 0.310. The van der Waals surface area contributed by atoms with E-state index >= 15 is 0 Å². The summed E-state index contributed by atoms with van der Waals surface area (Å²) in [5.74, 6) is 0. The fourth-order valence-electron chi connectivity index (χ4n) is 3.91. The number of sulfonamides is 1. The topological polar surface area (TPSA) is 37.4 Å². The molecule has 4 heteroatoms. The Hall–Kier alpha value is -2.43. The van der Waals surface area contributed by atoms with Gasteiger partial charge in [-0.25, -0.2) is 8.42 Å². The summed E-state index contributed by atoms with van der Waals surface area (Å²) >= 11 is 0. The average molecular weight is 392 g/mol. The molecule has 1 aliphatic rings. The molecule has 3 aromatic rings. The van der Waals surface area contributed by atoms with Crippen molar-refractivity contribution in [2.45, 2.75) is 38.1 Å². The lowest BCUT2D eigenvalue weighted by atomic mass is 9.88. The van der Waals surface area contributed by atoms with Crippen molar-refractivity contribution >= 4 is 10.0 Å². The third-order valence-electron chi connectivity index (χ3n) is 5.51. The number of hydrogen-bond donors (Lipinski definition) is 0. The second-order valence-electron chi connectivity index (χ2n) is 7.69. The number of benzene rings is 3. The lowest BCUT2D eigenvalue weighted by Gasteiger charge is -2.37. The zero-order chi connectivity index (χ0) is 19.9. The molecule has 4 rings (SSSR count). The minimum atomic E-state index is -3.61. The molecule has 0 fully saturated rings. The predicted molar refractivity (Wildman–Crippen MR) is 113 cm³/mol.